The fourth-order valence-electron chi connectivity index (χ4n) is 3.46. The molecule has 24 heavy (non-hydrogen) atoms. The molecule has 1 aliphatic carbocycles. The van der Waals surface area contributed by atoms with Gasteiger partial charge in [-0.3, -0.25) is 9.59 Å². The van der Waals surface area contributed by atoms with Crippen LogP contribution in [0.1, 0.15) is 36.0 Å². The Hall–Kier alpha value is -2.10. The van der Waals surface area contributed by atoms with Gasteiger partial charge < -0.3 is 9.80 Å². The van der Waals surface area contributed by atoms with Gasteiger partial charge in [0, 0.05) is 25.6 Å². The fourth-order valence-corrected chi connectivity index (χ4v) is 3.46. The summed E-state index contributed by atoms with van der Waals surface area (Å²) in [6.07, 6.45) is 6.92. The molecule has 1 aromatic carbocycles. The molecule has 128 valence electrons. The van der Waals surface area contributed by atoms with Gasteiger partial charge >= 0.3 is 0 Å². The molecule has 1 heterocycles. The Bertz CT molecular complexity index is 666. The van der Waals surface area contributed by atoms with Gasteiger partial charge in [-0.25, -0.2) is 0 Å². The molecule has 0 unspecified atom stereocenters. The van der Waals surface area contributed by atoms with Gasteiger partial charge in [-0.2, -0.15) is 0 Å². The summed E-state index contributed by atoms with van der Waals surface area (Å²) in [7, 11) is 0. The van der Waals surface area contributed by atoms with Crippen LogP contribution in [0.4, 0.5) is 0 Å². The van der Waals surface area contributed by atoms with Gasteiger partial charge in [-0.05, 0) is 49.8 Å². The van der Waals surface area contributed by atoms with E-state index >= 15 is 0 Å². The average molecular weight is 326 g/mol. The minimum Gasteiger partial charge on any atom is -0.335 e. The molecule has 0 bridgehead atoms. The number of benzene rings is 1. The zero-order valence-electron chi connectivity index (χ0n) is 14.6. The lowest BCUT2D eigenvalue weighted by atomic mass is 9.93. The van der Waals surface area contributed by atoms with Crippen LogP contribution in [0.2, 0.25) is 0 Å². The predicted molar refractivity (Wildman–Crippen MR) is 94.4 cm³/mol. The van der Waals surface area contributed by atoms with E-state index in [1.54, 1.807) is 4.90 Å². The van der Waals surface area contributed by atoms with E-state index in [-0.39, 0.29) is 24.3 Å². The lowest BCUT2D eigenvalue weighted by Gasteiger charge is -2.36. The largest absolute Gasteiger partial charge is 0.335 e. The van der Waals surface area contributed by atoms with E-state index in [1.165, 1.54) is 11.1 Å². The van der Waals surface area contributed by atoms with Gasteiger partial charge in [0.05, 0.1) is 6.54 Å². The van der Waals surface area contributed by atoms with Crippen LogP contribution in [0.5, 0.6) is 0 Å². The minimum absolute atomic E-state index is 0.0548. The molecule has 4 nitrogen and oxygen atoms in total. The summed E-state index contributed by atoms with van der Waals surface area (Å²) in [5.74, 6) is 0.270. The molecule has 1 fully saturated rings. The summed E-state index contributed by atoms with van der Waals surface area (Å²) in [6, 6.07) is 6.33. The molecule has 1 aromatic rings. The Labute approximate surface area is 144 Å². The molecule has 0 spiro atoms. The first-order chi connectivity index (χ1) is 11.5. The van der Waals surface area contributed by atoms with E-state index < -0.39 is 0 Å². The minimum atomic E-state index is 0.0548. The van der Waals surface area contributed by atoms with E-state index in [1.807, 2.05) is 4.90 Å². The molecule has 2 aliphatic rings. The standard InChI is InChI=1S/C20H26N2O2/c1-15-8-9-17(12-16(15)2)13-21-10-11-22(14-19(21)23)20(24)18-6-4-3-5-7-18/h3-4,8-9,12,18H,5-7,10-11,13-14H2,1-2H3/t18-/m0/s1. The highest BCUT2D eigenvalue weighted by Crippen LogP contribution is 2.22. The molecule has 0 saturated carbocycles. The predicted octanol–water partition coefficient (Wildman–Crippen LogP) is 2.83. The van der Waals surface area contributed by atoms with E-state index in [4.69, 9.17) is 0 Å². The maximum atomic E-state index is 12.6. The number of hydrogen-bond donors (Lipinski definition) is 0. The van der Waals surface area contributed by atoms with Gasteiger partial charge in [0.1, 0.15) is 0 Å². The molecule has 4 heteroatoms. The molecule has 1 aliphatic heterocycles. The molecule has 3 rings (SSSR count). The molecule has 2 amide bonds. The summed E-state index contributed by atoms with van der Waals surface area (Å²) >= 11 is 0. The zero-order chi connectivity index (χ0) is 17.1. The molecular weight excluding hydrogens is 300 g/mol. The number of carbonyl (C=O) groups is 2. The van der Waals surface area contributed by atoms with Crippen molar-refractivity contribution in [2.24, 2.45) is 5.92 Å². The summed E-state index contributed by atoms with van der Waals surface area (Å²) in [5.41, 5.74) is 3.67. The molecule has 0 aromatic heterocycles. The molecular formula is C20H26N2O2. The van der Waals surface area contributed by atoms with E-state index in [2.05, 4.69) is 44.2 Å². The Morgan fingerprint density at radius 2 is 2.00 bits per heavy atom. The first-order valence-electron chi connectivity index (χ1n) is 8.82. The highest BCUT2D eigenvalue weighted by Gasteiger charge is 2.31. The van der Waals surface area contributed by atoms with Gasteiger partial charge in [0.2, 0.25) is 11.8 Å². The second-order valence-corrected chi connectivity index (χ2v) is 6.98. The van der Waals surface area contributed by atoms with Gasteiger partial charge in [0.25, 0.3) is 0 Å². The zero-order valence-corrected chi connectivity index (χ0v) is 14.6. The summed E-state index contributed by atoms with van der Waals surface area (Å²) in [4.78, 5) is 28.7. The smallest absolute Gasteiger partial charge is 0.242 e. The first-order valence-corrected chi connectivity index (χ1v) is 8.82. The van der Waals surface area contributed by atoms with Crippen molar-refractivity contribution in [3.05, 3.63) is 47.0 Å². The van der Waals surface area contributed by atoms with Crippen molar-refractivity contribution in [2.75, 3.05) is 19.6 Å². The molecule has 0 N–H and O–H groups in total. The molecule has 0 radical (unpaired) electrons. The normalized spacial score (nSPS) is 21.2. The van der Waals surface area contributed by atoms with Crippen molar-refractivity contribution in [2.45, 2.75) is 39.7 Å². The van der Waals surface area contributed by atoms with Crippen molar-refractivity contribution < 1.29 is 9.59 Å². The quantitative estimate of drug-likeness (QED) is 0.802. The highest BCUT2D eigenvalue weighted by atomic mass is 16.2. The van der Waals surface area contributed by atoms with Gasteiger partial charge in [-0.1, -0.05) is 30.4 Å². The number of piperazine rings is 1. The van der Waals surface area contributed by atoms with Crippen molar-refractivity contribution in [1.29, 1.82) is 0 Å². The third-order valence-electron chi connectivity index (χ3n) is 5.19. The summed E-state index contributed by atoms with van der Waals surface area (Å²) < 4.78 is 0. The summed E-state index contributed by atoms with van der Waals surface area (Å²) in [5, 5.41) is 0. The van der Waals surface area contributed by atoms with Crippen LogP contribution in [0.15, 0.2) is 30.4 Å². The van der Waals surface area contributed by atoms with Crippen molar-refractivity contribution in [1.82, 2.24) is 9.80 Å². The third-order valence-corrected chi connectivity index (χ3v) is 5.19. The second kappa shape index (κ2) is 7.20. The number of amides is 2. The average Bonchev–Trinajstić information content (AvgIpc) is 2.60. The number of allylic oxidation sites excluding steroid dienone is 2. The van der Waals surface area contributed by atoms with Crippen LogP contribution in [0.25, 0.3) is 0 Å². The van der Waals surface area contributed by atoms with E-state index in [0.717, 1.165) is 24.8 Å². The highest BCUT2D eigenvalue weighted by molar-refractivity contribution is 5.87. The first kappa shape index (κ1) is 16.7. The SMILES string of the molecule is Cc1ccc(CN2CCN(C(=O)[C@H]3CC=CCC3)CC2=O)cc1C. The van der Waals surface area contributed by atoms with Gasteiger partial charge in [0.15, 0.2) is 0 Å². The van der Waals surface area contributed by atoms with Crippen LogP contribution in [0.3, 0.4) is 0 Å². The number of nitrogens with zero attached hydrogens (tertiary/aromatic N) is 2. The van der Waals surface area contributed by atoms with Gasteiger partial charge in [-0.15, -0.1) is 0 Å². The van der Waals surface area contributed by atoms with Crippen LogP contribution in [0, 0.1) is 19.8 Å². The van der Waals surface area contributed by atoms with Crippen LogP contribution >= 0.6 is 0 Å². The maximum absolute atomic E-state index is 12.6. The van der Waals surface area contributed by atoms with Crippen LogP contribution in [-0.2, 0) is 16.1 Å². The second-order valence-electron chi connectivity index (χ2n) is 6.98. The Balaban J connectivity index is 1.58. The third kappa shape index (κ3) is 3.69. The Kier molecular flexibility index (Phi) is 5.03. The number of rotatable bonds is 3. The van der Waals surface area contributed by atoms with Crippen molar-refractivity contribution in [3.63, 3.8) is 0 Å². The lowest BCUT2D eigenvalue weighted by Crippen LogP contribution is -2.53. The van der Waals surface area contributed by atoms with Crippen molar-refractivity contribution in [3.8, 4) is 0 Å². The van der Waals surface area contributed by atoms with Crippen LogP contribution in [-0.4, -0.2) is 41.2 Å². The fraction of sp³-hybridized carbons (Fsp3) is 0.500. The van der Waals surface area contributed by atoms with Crippen molar-refractivity contribution >= 4 is 11.8 Å². The Morgan fingerprint density at radius 1 is 1.17 bits per heavy atom. The number of hydrogen-bond acceptors (Lipinski definition) is 2. The van der Waals surface area contributed by atoms with Crippen LogP contribution < -0.4 is 0 Å². The Morgan fingerprint density at radius 3 is 2.67 bits per heavy atom. The topological polar surface area (TPSA) is 40.6 Å². The van der Waals surface area contributed by atoms with E-state index in [9.17, 15) is 9.59 Å². The molecule has 1 saturated heterocycles. The maximum Gasteiger partial charge on any atom is 0.242 e. The monoisotopic (exact) mass is 326 g/mol. The number of aryl methyl sites for hydroxylation is 2. The van der Waals surface area contributed by atoms with E-state index in [0.29, 0.717) is 19.6 Å². The lowest BCUT2D eigenvalue weighted by molar-refractivity contribution is -0.148. The number of carbonyl (C=O) groups excluding carboxylic acids is 2. The summed E-state index contributed by atoms with van der Waals surface area (Å²) in [6.45, 7) is 6.32. The molecule has 1 atom stereocenters.